The van der Waals surface area contributed by atoms with Crippen LogP contribution in [0.25, 0.3) is 0 Å². The highest BCUT2D eigenvalue weighted by molar-refractivity contribution is 5.98. The largest absolute Gasteiger partial charge is 0.497 e. The van der Waals surface area contributed by atoms with Gasteiger partial charge in [-0.3, -0.25) is 19.8 Å². The molecule has 4 atom stereocenters. The first-order valence-electron chi connectivity index (χ1n) is 15.3. The summed E-state index contributed by atoms with van der Waals surface area (Å²) in [7, 11) is 1.62. The van der Waals surface area contributed by atoms with Gasteiger partial charge in [0.2, 0.25) is 0 Å². The maximum Gasteiger partial charge on any atom is 0.270 e. The van der Waals surface area contributed by atoms with Crippen LogP contribution in [0.2, 0.25) is 0 Å². The van der Waals surface area contributed by atoms with Gasteiger partial charge in [-0.25, -0.2) is 0 Å². The Morgan fingerprint density at radius 2 is 1.84 bits per heavy atom. The van der Waals surface area contributed by atoms with E-state index in [-0.39, 0.29) is 47.9 Å². The standard InChI is InChI=1S/C33H45N3O8/c1-24-20-35(25(2)22-42-23-27-8-11-29(40-4)12-9-27)33(37)30-19-28(36(38)39)10-13-31(30)44-26(3)7-5-6-16-43-32(24)21-34-14-17-41-18-15-34/h5-6,8-13,19,24-26,32H,7,14-18,20-23H2,1-4H3/t24-,25?,26?,32+/m1/s1. The molecule has 1 saturated heterocycles. The van der Waals surface area contributed by atoms with E-state index in [9.17, 15) is 14.9 Å². The fourth-order valence-corrected chi connectivity index (χ4v) is 5.34. The van der Waals surface area contributed by atoms with E-state index >= 15 is 0 Å². The second kappa shape index (κ2) is 16.5. The first kappa shape index (κ1) is 33.4. The second-order valence-corrected chi connectivity index (χ2v) is 11.5. The van der Waals surface area contributed by atoms with Gasteiger partial charge in [-0.2, -0.15) is 0 Å². The van der Waals surface area contributed by atoms with E-state index in [1.165, 1.54) is 18.2 Å². The van der Waals surface area contributed by atoms with Gasteiger partial charge in [0.25, 0.3) is 11.6 Å². The number of hydrogen-bond donors (Lipinski definition) is 0. The van der Waals surface area contributed by atoms with Crippen LogP contribution in [0.1, 0.15) is 43.1 Å². The van der Waals surface area contributed by atoms with E-state index in [1.807, 2.05) is 50.3 Å². The Kier molecular flexibility index (Phi) is 12.5. The number of nitro groups is 1. The van der Waals surface area contributed by atoms with E-state index in [1.54, 1.807) is 12.0 Å². The lowest BCUT2D eigenvalue weighted by Crippen LogP contribution is -2.49. The van der Waals surface area contributed by atoms with Crippen molar-refractivity contribution in [3.63, 3.8) is 0 Å². The van der Waals surface area contributed by atoms with Gasteiger partial charge in [0, 0.05) is 50.7 Å². The number of non-ortho nitro benzene ring substituents is 1. The molecular formula is C33H45N3O8. The van der Waals surface area contributed by atoms with E-state index in [0.29, 0.717) is 51.7 Å². The summed E-state index contributed by atoms with van der Waals surface area (Å²) < 4.78 is 29.4. The van der Waals surface area contributed by atoms with Crippen LogP contribution < -0.4 is 9.47 Å². The van der Waals surface area contributed by atoms with Crippen LogP contribution in [0, 0.1) is 16.0 Å². The summed E-state index contributed by atoms with van der Waals surface area (Å²) in [6.45, 7) is 11.1. The van der Waals surface area contributed by atoms with Crippen molar-refractivity contribution in [1.29, 1.82) is 0 Å². The van der Waals surface area contributed by atoms with Crippen LogP contribution >= 0.6 is 0 Å². The zero-order valence-electron chi connectivity index (χ0n) is 26.2. The highest BCUT2D eigenvalue weighted by Crippen LogP contribution is 2.29. The molecule has 2 unspecified atom stereocenters. The molecule has 11 heteroatoms. The minimum atomic E-state index is -0.494. The molecule has 2 aliphatic rings. The molecule has 240 valence electrons. The van der Waals surface area contributed by atoms with Gasteiger partial charge in [0.1, 0.15) is 11.5 Å². The van der Waals surface area contributed by atoms with Crippen molar-refractivity contribution in [2.24, 2.45) is 5.92 Å². The molecule has 0 N–H and O–H groups in total. The highest BCUT2D eigenvalue weighted by Gasteiger charge is 2.31. The summed E-state index contributed by atoms with van der Waals surface area (Å²) in [5.41, 5.74) is 0.973. The number of amides is 1. The Bertz CT molecular complexity index is 1250. The summed E-state index contributed by atoms with van der Waals surface area (Å²) in [5, 5.41) is 11.7. The number of methoxy groups -OCH3 is 1. The summed E-state index contributed by atoms with van der Waals surface area (Å²) in [4.78, 5) is 29.6. The zero-order valence-corrected chi connectivity index (χ0v) is 26.2. The van der Waals surface area contributed by atoms with Gasteiger partial charge in [0.15, 0.2) is 0 Å². The smallest absolute Gasteiger partial charge is 0.270 e. The van der Waals surface area contributed by atoms with Gasteiger partial charge in [-0.15, -0.1) is 0 Å². The van der Waals surface area contributed by atoms with Crippen molar-refractivity contribution in [2.45, 2.75) is 52.0 Å². The highest BCUT2D eigenvalue weighted by atomic mass is 16.6. The molecule has 2 aromatic rings. The predicted octanol–water partition coefficient (Wildman–Crippen LogP) is 4.73. The number of rotatable bonds is 9. The monoisotopic (exact) mass is 611 g/mol. The molecule has 0 saturated carbocycles. The molecular weight excluding hydrogens is 566 g/mol. The van der Waals surface area contributed by atoms with Crippen LogP contribution in [0.4, 0.5) is 5.69 Å². The third-order valence-corrected chi connectivity index (χ3v) is 8.01. The quantitative estimate of drug-likeness (QED) is 0.226. The molecule has 0 aliphatic carbocycles. The average molecular weight is 612 g/mol. The molecule has 0 spiro atoms. The van der Waals surface area contributed by atoms with Gasteiger partial charge in [-0.05, 0) is 37.6 Å². The number of carbonyl (C=O) groups excluding carboxylic acids is 1. The van der Waals surface area contributed by atoms with Crippen LogP contribution in [-0.4, -0.2) is 98.6 Å². The lowest BCUT2D eigenvalue weighted by Gasteiger charge is -2.37. The van der Waals surface area contributed by atoms with Gasteiger partial charge >= 0.3 is 0 Å². The van der Waals surface area contributed by atoms with Crippen LogP contribution in [0.15, 0.2) is 54.6 Å². The Hall–Kier alpha value is -3.51. The van der Waals surface area contributed by atoms with Crippen molar-refractivity contribution in [1.82, 2.24) is 9.80 Å². The molecule has 2 aliphatic heterocycles. The van der Waals surface area contributed by atoms with E-state index in [0.717, 1.165) is 24.4 Å². The molecule has 0 aromatic heterocycles. The van der Waals surface area contributed by atoms with Crippen molar-refractivity contribution in [3.8, 4) is 11.5 Å². The molecule has 4 rings (SSSR count). The first-order valence-corrected chi connectivity index (χ1v) is 15.3. The topological polar surface area (TPSA) is 113 Å². The van der Waals surface area contributed by atoms with Crippen molar-refractivity contribution in [3.05, 3.63) is 75.9 Å². The van der Waals surface area contributed by atoms with Gasteiger partial charge < -0.3 is 28.6 Å². The summed E-state index contributed by atoms with van der Waals surface area (Å²) >= 11 is 0. The summed E-state index contributed by atoms with van der Waals surface area (Å²) in [6, 6.07) is 11.5. The van der Waals surface area contributed by atoms with Crippen LogP contribution in [0.5, 0.6) is 11.5 Å². The number of nitrogens with zero attached hydrogens (tertiary/aromatic N) is 3. The maximum absolute atomic E-state index is 14.3. The lowest BCUT2D eigenvalue weighted by atomic mass is 10.0. The molecule has 2 aromatic carbocycles. The molecule has 11 nitrogen and oxygen atoms in total. The van der Waals surface area contributed by atoms with Crippen molar-refractivity contribution < 1.29 is 33.4 Å². The van der Waals surface area contributed by atoms with E-state index < -0.39 is 4.92 Å². The van der Waals surface area contributed by atoms with Crippen LogP contribution in [-0.2, 0) is 20.8 Å². The Labute approximate surface area is 259 Å². The molecule has 2 heterocycles. The molecule has 0 radical (unpaired) electrons. The zero-order chi connectivity index (χ0) is 31.5. The third kappa shape index (κ3) is 9.49. The number of carbonyl (C=O) groups is 1. The van der Waals surface area contributed by atoms with Crippen LogP contribution in [0.3, 0.4) is 0 Å². The predicted molar refractivity (Wildman–Crippen MR) is 166 cm³/mol. The number of benzene rings is 2. The normalized spacial score (nSPS) is 22.9. The SMILES string of the molecule is COc1ccc(COCC(C)N2C[C@@H](C)[C@H](CN3CCOCC3)OCC=CCC(C)Oc3ccc([N+](=O)[O-])cc3C2=O)cc1. The van der Waals surface area contributed by atoms with Gasteiger partial charge in [-0.1, -0.05) is 31.2 Å². The minimum Gasteiger partial charge on any atom is -0.497 e. The molecule has 1 fully saturated rings. The minimum absolute atomic E-state index is 0.0517. The Morgan fingerprint density at radius 1 is 1.09 bits per heavy atom. The average Bonchev–Trinajstić information content (AvgIpc) is 3.03. The van der Waals surface area contributed by atoms with E-state index in [2.05, 4.69) is 11.8 Å². The third-order valence-electron chi connectivity index (χ3n) is 8.01. The number of ether oxygens (including phenoxy) is 5. The van der Waals surface area contributed by atoms with Crippen molar-refractivity contribution >= 4 is 11.6 Å². The van der Waals surface area contributed by atoms with E-state index in [4.69, 9.17) is 23.7 Å². The fraction of sp³-hybridized carbons (Fsp3) is 0.545. The Morgan fingerprint density at radius 3 is 2.55 bits per heavy atom. The van der Waals surface area contributed by atoms with Crippen molar-refractivity contribution in [2.75, 3.05) is 59.7 Å². The summed E-state index contributed by atoms with van der Waals surface area (Å²) in [6.07, 6.45) is 4.19. The molecule has 1 amide bonds. The number of fused-ring (bicyclic) bond motifs is 1. The number of nitro benzene ring substituents is 1. The molecule has 0 bridgehead atoms. The summed E-state index contributed by atoms with van der Waals surface area (Å²) in [5.74, 6) is 0.690. The number of morpholine rings is 1. The first-order chi connectivity index (χ1) is 21.2. The number of hydrogen-bond acceptors (Lipinski definition) is 9. The fourth-order valence-electron chi connectivity index (χ4n) is 5.34. The van der Waals surface area contributed by atoms with Gasteiger partial charge in [0.05, 0.1) is 68.9 Å². The molecule has 44 heavy (non-hydrogen) atoms. The maximum atomic E-state index is 14.3. The Balaban J connectivity index is 1.61. The second-order valence-electron chi connectivity index (χ2n) is 11.5. The lowest BCUT2D eigenvalue weighted by molar-refractivity contribution is -0.384.